The van der Waals surface area contributed by atoms with Gasteiger partial charge in [-0.15, -0.1) is 0 Å². The summed E-state index contributed by atoms with van der Waals surface area (Å²) in [7, 11) is 4.00. The van der Waals surface area contributed by atoms with Crippen LogP contribution in [0.2, 0.25) is 5.02 Å². The van der Waals surface area contributed by atoms with Crippen molar-refractivity contribution in [2.45, 2.75) is 6.42 Å². The molecule has 5 nitrogen and oxygen atoms in total. The van der Waals surface area contributed by atoms with Gasteiger partial charge in [0.25, 0.3) is 0 Å². The Morgan fingerprint density at radius 2 is 1.90 bits per heavy atom. The van der Waals surface area contributed by atoms with Gasteiger partial charge < -0.3 is 14.2 Å². The van der Waals surface area contributed by atoms with E-state index in [1.54, 1.807) is 18.2 Å². The van der Waals surface area contributed by atoms with E-state index in [0.29, 0.717) is 16.3 Å². The predicted molar refractivity (Wildman–Crippen MR) is 74.6 cm³/mol. The van der Waals surface area contributed by atoms with Crippen LogP contribution in [0.1, 0.15) is 12.0 Å². The van der Waals surface area contributed by atoms with Crippen molar-refractivity contribution in [3.05, 3.63) is 34.4 Å². The lowest BCUT2D eigenvalue weighted by Gasteiger charge is -2.06. The van der Waals surface area contributed by atoms with E-state index in [9.17, 15) is 9.59 Å². The van der Waals surface area contributed by atoms with Crippen molar-refractivity contribution >= 4 is 29.6 Å². The molecule has 0 aliphatic heterocycles. The molecule has 0 spiro atoms. The highest BCUT2D eigenvalue weighted by atomic mass is 35.5. The summed E-state index contributed by atoms with van der Waals surface area (Å²) in [4.78, 5) is 22.9. The molecule has 0 atom stereocenters. The maximum atomic E-state index is 11.6. The topological polar surface area (TPSA) is 61.8 Å². The fourth-order valence-electron chi connectivity index (χ4n) is 1.51. The fraction of sp³-hybridized carbons (Fsp3) is 0.286. The number of halogens is 1. The molecule has 0 N–H and O–H groups in total. The Labute approximate surface area is 122 Å². The third-order valence-electron chi connectivity index (χ3n) is 2.53. The van der Waals surface area contributed by atoms with Gasteiger partial charge in [-0.05, 0) is 23.8 Å². The summed E-state index contributed by atoms with van der Waals surface area (Å²) >= 11 is 6.00. The summed E-state index contributed by atoms with van der Waals surface area (Å²) in [6.07, 6.45) is 1.35. The number of benzene rings is 1. The molecule has 0 saturated heterocycles. The van der Waals surface area contributed by atoms with Crippen molar-refractivity contribution in [2.75, 3.05) is 21.3 Å². The average Bonchev–Trinajstić information content (AvgIpc) is 2.45. The number of rotatable bonds is 5. The summed E-state index contributed by atoms with van der Waals surface area (Å²) in [5.74, 6) is -0.597. The van der Waals surface area contributed by atoms with E-state index in [-0.39, 0.29) is 12.0 Å². The molecular weight excluding hydrogens is 284 g/mol. The van der Waals surface area contributed by atoms with Crippen LogP contribution >= 0.6 is 11.6 Å². The first-order valence-electron chi connectivity index (χ1n) is 5.71. The van der Waals surface area contributed by atoms with Gasteiger partial charge in [0.05, 0.1) is 32.8 Å². The highest BCUT2D eigenvalue weighted by molar-refractivity contribution is 6.32. The van der Waals surface area contributed by atoms with E-state index in [1.807, 2.05) is 0 Å². The Bertz CT molecular complexity index is 536. The minimum absolute atomic E-state index is 0.174. The number of hydrogen-bond donors (Lipinski definition) is 0. The van der Waals surface area contributed by atoms with Crippen LogP contribution in [0.5, 0.6) is 5.75 Å². The van der Waals surface area contributed by atoms with Crippen LogP contribution in [-0.2, 0) is 19.1 Å². The van der Waals surface area contributed by atoms with Crippen LogP contribution in [0, 0.1) is 0 Å². The molecule has 1 aromatic carbocycles. The van der Waals surface area contributed by atoms with Gasteiger partial charge in [0.15, 0.2) is 0 Å². The molecule has 0 aliphatic rings. The van der Waals surface area contributed by atoms with E-state index < -0.39 is 11.9 Å². The molecule has 0 fully saturated rings. The maximum absolute atomic E-state index is 11.6. The Kier molecular flexibility index (Phi) is 6.06. The van der Waals surface area contributed by atoms with E-state index >= 15 is 0 Å². The van der Waals surface area contributed by atoms with Crippen molar-refractivity contribution in [2.24, 2.45) is 0 Å². The Morgan fingerprint density at radius 3 is 2.40 bits per heavy atom. The number of carbonyl (C=O) groups is 2. The van der Waals surface area contributed by atoms with Crippen molar-refractivity contribution in [1.82, 2.24) is 0 Å². The maximum Gasteiger partial charge on any atom is 0.334 e. The molecule has 0 aromatic heterocycles. The van der Waals surface area contributed by atoms with Crippen molar-refractivity contribution in [1.29, 1.82) is 0 Å². The molecule has 0 bridgehead atoms. The number of methoxy groups -OCH3 is 3. The van der Waals surface area contributed by atoms with Crippen molar-refractivity contribution in [3.63, 3.8) is 0 Å². The first kappa shape index (κ1) is 16.0. The van der Waals surface area contributed by atoms with Gasteiger partial charge >= 0.3 is 11.9 Å². The average molecular weight is 299 g/mol. The largest absolute Gasteiger partial charge is 0.495 e. The molecule has 108 valence electrons. The minimum Gasteiger partial charge on any atom is -0.495 e. The van der Waals surface area contributed by atoms with Crippen molar-refractivity contribution in [3.8, 4) is 5.75 Å². The van der Waals surface area contributed by atoms with Gasteiger partial charge in [-0.2, -0.15) is 0 Å². The van der Waals surface area contributed by atoms with Crippen LogP contribution in [-0.4, -0.2) is 33.3 Å². The number of hydrogen-bond acceptors (Lipinski definition) is 5. The van der Waals surface area contributed by atoms with Gasteiger partial charge in [0, 0.05) is 5.57 Å². The summed E-state index contributed by atoms with van der Waals surface area (Å²) in [5.41, 5.74) is 0.834. The highest BCUT2D eigenvalue weighted by Gasteiger charge is 2.15. The first-order chi connectivity index (χ1) is 9.51. The zero-order chi connectivity index (χ0) is 15.1. The molecule has 6 heteroatoms. The van der Waals surface area contributed by atoms with Gasteiger partial charge in [-0.1, -0.05) is 17.7 Å². The van der Waals surface area contributed by atoms with Gasteiger partial charge in [-0.25, -0.2) is 4.79 Å². The standard InChI is InChI=1S/C14H15ClO5/c1-18-12-5-4-9(7-11(12)15)6-10(14(17)20-3)8-13(16)19-2/h4-7H,8H2,1-3H3/b10-6+. The quantitative estimate of drug-likeness (QED) is 0.617. The van der Waals surface area contributed by atoms with Crippen LogP contribution in [0.25, 0.3) is 6.08 Å². The molecular formula is C14H15ClO5. The predicted octanol–water partition coefficient (Wildman–Crippen LogP) is 2.47. The summed E-state index contributed by atoms with van der Waals surface area (Å²) in [6, 6.07) is 5.01. The second-order valence-corrected chi connectivity index (χ2v) is 4.22. The second-order valence-electron chi connectivity index (χ2n) is 3.81. The van der Waals surface area contributed by atoms with Gasteiger partial charge in [0.2, 0.25) is 0 Å². The second kappa shape index (κ2) is 7.55. The lowest BCUT2D eigenvalue weighted by molar-refractivity contribution is -0.143. The summed E-state index contributed by atoms with van der Waals surface area (Å²) in [6.45, 7) is 0. The summed E-state index contributed by atoms with van der Waals surface area (Å²) in [5, 5.41) is 0.406. The number of esters is 2. The zero-order valence-corrected chi connectivity index (χ0v) is 12.2. The molecule has 0 heterocycles. The normalized spacial score (nSPS) is 10.9. The first-order valence-corrected chi connectivity index (χ1v) is 6.08. The van der Waals surface area contributed by atoms with Crippen LogP contribution in [0.4, 0.5) is 0 Å². The highest BCUT2D eigenvalue weighted by Crippen LogP contribution is 2.26. The van der Waals surface area contributed by atoms with E-state index in [0.717, 1.165) is 0 Å². The van der Waals surface area contributed by atoms with Gasteiger partial charge in [-0.3, -0.25) is 4.79 Å². The molecule has 1 aromatic rings. The SMILES string of the molecule is COC(=O)C/C(=C\c1ccc(OC)c(Cl)c1)C(=O)OC. The molecule has 0 aliphatic carbocycles. The summed E-state index contributed by atoms with van der Waals surface area (Å²) < 4.78 is 14.2. The van der Waals surface area contributed by atoms with Crippen LogP contribution < -0.4 is 4.74 Å². The van der Waals surface area contributed by atoms with Crippen molar-refractivity contribution < 1.29 is 23.8 Å². The number of ether oxygens (including phenoxy) is 3. The Hall–Kier alpha value is -2.01. The smallest absolute Gasteiger partial charge is 0.334 e. The molecule has 0 saturated carbocycles. The third-order valence-corrected chi connectivity index (χ3v) is 2.82. The van der Waals surface area contributed by atoms with E-state index in [1.165, 1.54) is 27.4 Å². The van der Waals surface area contributed by atoms with Crippen LogP contribution in [0.3, 0.4) is 0 Å². The lowest BCUT2D eigenvalue weighted by atomic mass is 10.1. The number of carbonyl (C=O) groups excluding carboxylic acids is 2. The minimum atomic E-state index is -0.595. The molecule has 0 radical (unpaired) electrons. The van der Waals surface area contributed by atoms with Crippen LogP contribution in [0.15, 0.2) is 23.8 Å². The lowest BCUT2D eigenvalue weighted by Crippen LogP contribution is -2.10. The molecule has 1 rings (SSSR count). The molecule has 0 unspecified atom stereocenters. The van der Waals surface area contributed by atoms with E-state index in [2.05, 4.69) is 9.47 Å². The zero-order valence-electron chi connectivity index (χ0n) is 11.4. The van der Waals surface area contributed by atoms with E-state index in [4.69, 9.17) is 16.3 Å². The van der Waals surface area contributed by atoms with Gasteiger partial charge in [0.1, 0.15) is 5.75 Å². The Morgan fingerprint density at radius 1 is 1.20 bits per heavy atom. The Balaban J connectivity index is 3.09. The third kappa shape index (κ3) is 4.28. The molecule has 20 heavy (non-hydrogen) atoms. The molecule has 0 amide bonds. The fourth-order valence-corrected chi connectivity index (χ4v) is 1.78. The monoisotopic (exact) mass is 298 g/mol.